The summed E-state index contributed by atoms with van der Waals surface area (Å²) in [6.07, 6.45) is 9.00. The molecule has 0 bridgehead atoms. The van der Waals surface area contributed by atoms with E-state index in [0.717, 1.165) is 37.5 Å². The number of thioether (sulfide) groups is 1. The zero-order valence-electron chi connectivity index (χ0n) is 13.7. The molecule has 1 aliphatic rings. The standard InChI is InChI=1S/C15H31N3OS2/c1-4-21(19)14-9-7-8-13(12-14)18-15(16-2)17-10-5-6-11-20-3/h13-14H,4-12H2,1-3H3,(H2,16,17,18). The van der Waals surface area contributed by atoms with Gasteiger partial charge in [0.2, 0.25) is 0 Å². The number of nitrogens with one attached hydrogen (secondary N) is 2. The van der Waals surface area contributed by atoms with Gasteiger partial charge in [-0.25, -0.2) is 0 Å². The molecule has 124 valence electrons. The van der Waals surface area contributed by atoms with Crippen LogP contribution in [0.15, 0.2) is 4.99 Å². The van der Waals surface area contributed by atoms with Crippen molar-refractivity contribution >= 4 is 28.5 Å². The summed E-state index contributed by atoms with van der Waals surface area (Å²) in [4.78, 5) is 4.30. The van der Waals surface area contributed by atoms with E-state index in [-0.39, 0.29) is 0 Å². The van der Waals surface area contributed by atoms with Crippen molar-refractivity contribution < 1.29 is 4.21 Å². The summed E-state index contributed by atoms with van der Waals surface area (Å²) in [5.74, 6) is 2.90. The molecule has 0 aromatic heterocycles. The Morgan fingerprint density at radius 1 is 1.38 bits per heavy atom. The lowest BCUT2D eigenvalue weighted by molar-refractivity contribution is 0.413. The Balaban J connectivity index is 2.30. The number of unbranched alkanes of at least 4 members (excludes halogenated alkanes) is 1. The SMILES string of the molecule is CCS(=O)C1CCCC(NC(=NC)NCCCCSC)C1. The highest BCUT2D eigenvalue weighted by molar-refractivity contribution is 7.98. The molecule has 0 saturated heterocycles. The molecule has 6 heteroatoms. The fourth-order valence-corrected chi connectivity index (χ4v) is 4.56. The van der Waals surface area contributed by atoms with Crippen LogP contribution in [0, 0.1) is 0 Å². The summed E-state index contributed by atoms with van der Waals surface area (Å²) < 4.78 is 12.0. The van der Waals surface area contributed by atoms with Gasteiger partial charge in [-0.2, -0.15) is 11.8 Å². The van der Waals surface area contributed by atoms with Crippen molar-refractivity contribution in [3.05, 3.63) is 0 Å². The van der Waals surface area contributed by atoms with Crippen molar-refractivity contribution in [3.63, 3.8) is 0 Å². The first kappa shape index (κ1) is 18.8. The van der Waals surface area contributed by atoms with Gasteiger partial charge in [0, 0.05) is 41.4 Å². The molecule has 0 heterocycles. The molecule has 0 amide bonds. The molecule has 0 aliphatic heterocycles. The number of hydrogen-bond acceptors (Lipinski definition) is 3. The molecule has 1 saturated carbocycles. The highest BCUT2D eigenvalue weighted by atomic mass is 32.2. The van der Waals surface area contributed by atoms with Gasteiger partial charge in [-0.15, -0.1) is 0 Å². The summed E-state index contributed by atoms with van der Waals surface area (Å²) in [5.41, 5.74) is 0. The molecule has 3 atom stereocenters. The van der Waals surface area contributed by atoms with Crippen molar-refractivity contribution in [1.82, 2.24) is 10.6 Å². The monoisotopic (exact) mass is 333 g/mol. The highest BCUT2D eigenvalue weighted by Crippen LogP contribution is 2.22. The molecule has 4 nitrogen and oxygen atoms in total. The highest BCUT2D eigenvalue weighted by Gasteiger charge is 2.25. The van der Waals surface area contributed by atoms with Crippen LogP contribution in [0.25, 0.3) is 0 Å². The molecular formula is C15H31N3OS2. The lowest BCUT2D eigenvalue weighted by Crippen LogP contribution is -2.46. The molecule has 1 fully saturated rings. The molecule has 1 aliphatic carbocycles. The van der Waals surface area contributed by atoms with Crippen LogP contribution in [0.1, 0.15) is 45.4 Å². The van der Waals surface area contributed by atoms with Gasteiger partial charge in [0.15, 0.2) is 5.96 Å². The number of nitrogens with zero attached hydrogens (tertiary/aromatic N) is 1. The first-order valence-electron chi connectivity index (χ1n) is 8.04. The Hall–Kier alpha value is -0.230. The van der Waals surface area contributed by atoms with E-state index in [1.165, 1.54) is 25.0 Å². The third kappa shape index (κ3) is 7.54. The fourth-order valence-electron chi connectivity index (χ4n) is 2.72. The molecule has 0 aromatic carbocycles. The zero-order valence-corrected chi connectivity index (χ0v) is 15.3. The van der Waals surface area contributed by atoms with E-state index >= 15 is 0 Å². The van der Waals surface area contributed by atoms with Crippen LogP contribution in [-0.4, -0.2) is 52.8 Å². The lowest BCUT2D eigenvalue weighted by atomic mass is 9.95. The smallest absolute Gasteiger partial charge is 0.191 e. The van der Waals surface area contributed by atoms with Gasteiger partial charge in [0.25, 0.3) is 0 Å². The maximum atomic E-state index is 12.0. The first-order chi connectivity index (χ1) is 10.2. The minimum Gasteiger partial charge on any atom is -0.356 e. The second kappa shape index (κ2) is 11.4. The molecule has 0 radical (unpaired) electrons. The number of rotatable bonds is 8. The maximum absolute atomic E-state index is 12.0. The van der Waals surface area contributed by atoms with E-state index in [4.69, 9.17) is 0 Å². The third-order valence-corrected chi connectivity index (χ3v) is 6.35. The summed E-state index contributed by atoms with van der Waals surface area (Å²) in [7, 11) is 1.16. The maximum Gasteiger partial charge on any atom is 0.191 e. The van der Waals surface area contributed by atoms with Crippen LogP contribution in [0.3, 0.4) is 0 Å². The lowest BCUT2D eigenvalue weighted by Gasteiger charge is -2.30. The van der Waals surface area contributed by atoms with Gasteiger partial charge in [-0.1, -0.05) is 13.3 Å². The van der Waals surface area contributed by atoms with Gasteiger partial charge < -0.3 is 10.6 Å². The Kier molecular flexibility index (Phi) is 10.2. The Morgan fingerprint density at radius 3 is 2.86 bits per heavy atom. The van der Waals surface area contributed by atoms with Crippen LogP contribution in [0.2, 0.25) is 0 Å². The van der Waals surface area contributed by atoms with Crippen molar-refractivity contribution in [2.75, 3.05) is 31.4 Å². The third-order valence-electron chi connectivity index (χ3n) is 3.91. The van der Waals surface area contributed by atoms with E-state index in [2.05, 4.69) is 21.9 Å². The van der Waals surface area contributed by atoms with E-state index in [1.807, 2.05) is 25.7 Å². The first-order valence-corrected chi connectivity index (χ1v) is 10.8. The number of aliphatic imine (C=N–C) groups is 1. The van der Waals surface area contributed by atoms with Crippen LogP contribution in [0.4, 0.5) is 0 Å². The molecule has 1 rings (SSSR count). The predicted molar refractivity (Wildman–Crippen MR) is 96.8 cm³/mol. The molecule has 21 heavy (non-hydrogen) atoms. The van der Waals surface area contributed by atoms with Crippen LogP contribution in [0.5, 0.6) is 0 Å². The summed E-state index contributed by atoms with van der Waals surface area (Å²) in [6.45, 7) is 2.99. The molecule has 2 N–H and O–H groups in total. The minimum atomic E-state index is -0.663. The Bertz CT molecular complexity index is 337. The molecule has 0 aromatic rings. The normalized spacial score (nSPS) is 24.6. The van der Waals surface area contributed by atoms with Gasteiger partial charge in [-0.3, -0.25) is 9.20 Å². The average molecular weight is 334 g/mol. The predicted octanol–water partition coefficient (Wildman–Crippen LogP) is 2.37. The number of guanidine groups is 1. The van der Waals surface area contributed by atoms with Gasteiger partial charge in [0.05, 0.1) is 0 Å². The molecule has 0 spiro atoms. The molecule has 3 unspecified atom stereocenters. The topological polar surface area (TPSA) is 53.5 Å². The van der Waals surface area contributed by atoms with E-state index in [1.54, 1.807) is 0 Å². The second-order valence-corrected chi connectivity index (χ2v) is 8.49. The second-order valence-electron chi connectivity index (χ2n) is 5.50. The Morgan fingerprint density at radius 2 is 2.19 bits per heavy atom. The minimum absolute atomic E-state index is 0.362. The van der Waals surface area contributed by atoms with E-state index < -0.39 is 10.8 Å². The van der Waals surface area contributed by atoms with Crippen molar-refractivity contribution in [2.45, 2.75) is 56.7 Å². The van der Waals surface area contributed by atoms with Crippen molar-refractivity contribution in [1.29, 1.82) is 0 Å². The number of hydrogen-bond donors (Lipinski definition) is 2. The average Bonchev–Trinajstić information content (AvgIpc) is 2.53. The fraction of sp³-hybridized carbons (Fsp3) is 0.933. The quantitative estimate of drug-likeness (QED) is 0.407. The van der Waals surface area contributed by atoms with E-state index in [9.17, 15) is 4.21 Å². The summed E-state index contributed by atoms with van der Waals surface area (Å²) in [6, 6.07) is 0.414. The molecular weight excluding hydrogens is 302 g/mol. The van der Waals surface area contributed by atoms with Gasteiger partial charge in [-0.05, 0) is 44.1 Å². The van der Waals surface area contributed by atoms with Gasteiger partial charge >= 0.3 is 0 Å². The van der Waals surface area contributed by atoms with Crippen LogP contribution >= 0.6 is 11.8 Å². The van der Waals surface area contributed by atoms with Crippen LogP contribution in [-0.2, 0) is 10.8 Å². The van der Waals surface area contributed by atoms with E-state index in [0.29, 0.717) is 11.3 Å². The summed E-state index contributed by atoms with van der Waals surface area (Å²) >= 11 is 1.90. The van der Waals surface area contributed by atoms with Crippen molar-refractivity contribution in [2.24, 2.45) is 4.99 Å². The van der Waals surface area contributed by atoms with Crippen molar-refractivity contribution in [3.8, 4) is 0 Å². The summed E-state index contributed by atoms with van der Waals surface area (Å²) in [5, 5.41) is 7.25. The van der Waals surface area contributed by atoms with Gasteiger partial charge in [0.1, 0.15) is 0 Å². The zero-order chi connectivity index (χ0) is 15.5. The Labute approximate surface area is 136 Å². The largest absolute Gasteiger partial charge is 0.356 e. The van der Waals surface area contributed by atoms with Crippen LogP contribution < -0.4 is 10.6 Å².